The summed E-state index contributed by atoms with van der Waals surface area (Å²) in [6.07, 6.45) is 24.7. The van der Waals surface area contributed by atoms with Crippen molar-refractivity contribution in [3.63, 3.8) is 0 Å². The van der Waals surface area contributed by atoms with Crippen LogP contribution in [0.25, 0.3) is 0 Å². The van der Waals surface area contributed by atoms with Crippen molar-refractivity contribution in [2.75, 3.05) is 0 Å². The van der Waals surface area contributed by atoms with Gasteiger partial charge in [0.25, 0.3) is 0 Å². The SMILES string of the molecule is C\C([C-]=O)=C/C(C)=C/C=C/C(C)=C/C=C/C=C(C)/C=C/C=C(C)/C=C(\C)C(=O)[O-].[Na+].[Na+].[OH-]. The molecule has 0 aliphatic heterocycles. The number of rotatable bonds is 10. The summed E-state index contributed by atoms with van der Waals surface area (Å²) in [4.78, 5) is 21.2. The van der Waals surface area contributed by atoms with E-state index in [1.807, 2.05) is 94.7 Å². The van der Waals surface area contributed by atoms with E-state index in [-0.39, 0.29) is 70.2 Å². The van der Waals surface area contributed by atoms with Gasteiger partial charge in [0.05, 0.1) is 5.97 Å². The van der Waals surface area contributed by atoms with E-state index in [9.17, 15) is 14.7 Å². The van der Waals surface area contributed by atoms with Crippen molar-refractivity contribution in [2.45, 2.75) is 41.5 Å². The molecule has 162 valence electrons. The van der Waals surface area contributed by atoms with Crippen LogP contribution >= 0.6 is 0 Å². The van der Waals surface area contributed by atoms with Crippen LogP contribution in [0.1, 0.15) is 41.5 Å². The van der Waals surface area contributed by atoms with Crippen molar-refractivity contribution in [1.82, 2.24) is 0 Å². The standard InChI is InChI=1S/C26H31O3.2Na.H2O/c1-20(13-9-15-22(3)17-24(5)19-27)11-7-8-12-21(2)14-10-16-23(4)18-25(6)26(28)29;;;/h7-18H,1-6H3,(H,28,29);;;1H2/q-1;2*+1;/p-2/b8-7+,13-9+,14-10+,20-11+,21-12+,22-15+,23-16+,24-17+,25-18+;;;. The molecule has 0 aromatic carbocycles. The Bertz CT molecular complexity index is 862. The second-order valence-corrected chi connectivity index (χ2v) is 6.79. The zero-order chi connectivity index (χ0) is 22.2. The van der Waals surface area contributed by atoms with E-state index >= 15 is 0 Å². The molecule has 0 aromatic heterocycles. The van der Waals surface area contributed by atoms with Crippen LogP contribution in [0.4, 0.5) is 0 Å². The molecular formula is C26H31Na2O4-. The number of allylic oxidation sites excluding steroid dienone is 17. The first-order chi connectivity index (χ1) is 13.6. The molecule has 4 nitrogen and oxygen atoms in total. The van der Waals surface area contributed by atoms with Gasteiger partial charge in [-0.15, -0.1) is 5.57 Å². The Morgan fingerprint density at radius 2 is 1.03 bits per heavy atom. The molecule has 6 heteroatoms. The predicted molar refractivity (Wildman–Crippen MR) is 123 cm³/mol. The first-order valence-electron chi connectivity index (χ1n) is 9.33. The van der Waals surface area contributed by atoms with Gasteiger partial charge in [-0.3, -0.25) is 0 Å². The van der Waals surface area contributed by atoms with E-state index in [1.54, 1.807) is 19.1 Å². The van der Waals surface area contributed by atoms with Gasteiger partial charge in [-0.05, 0) is 39.6 Å². The van der Waals surface area contributed by atoms with E-state index in [2.05, 4.69) is 0 Å². The van der Waals surface area contributed by atoms with E-state index in [0.29, 0.717) is 5.57 Å². The van der Waals surface area contributed by atoms with Crippen molar-refractivity contribution >= 4 is 12.3 Å². The van der Waals surface area contributed by atoms with Crippen LogP contribution in [0.3, 0.4) is 0 Å². The van der Waals surface area contributed by atoms with Crippen LogP contribution in [0.15, 0.2) is 106 Å². The maximum absolute atomic E-state index is 10.7. The molecule has 0 saturated carbocycles. The van der Waals surface area contributed by atoms with Gasteiger partial charge in [-0.2, -0.15) is 5.57 Å². The second kappa shape index (κ2) is 22.9. The summed E-state index contributed by atoms with van der Waals surface area (Å²) in [6.45, 7) is 11.0. The maximum Gasteiger partial charge on any atom is 1.00 e. The summed E-state index contributed by atoms with van der Waals surface area (Å²) in [5, 5.41) is 10.7. The number of carbonyl (C=O) groups excluding carboxylic acids is 2. The molecule has 0 saturated heterocycles. The summed E-state index contributed by atoms with van der Waals surface area (Å²) in [6, 6.07) is 0. The Morgan fingerprint density at radius 3 is 1.41 bits per heavy atom. The molecule has 0 aliphatic rings. The van der Waals surface area contributed by atoms with E-state index in [0.717, 1.165) is 22.3 Å². The van der Waals surface area contributed by atoms with Crippen molar-refractivity contribution in [2.24, 2.45) is 0 Å². The largest absolute Gasteiger partial charge is 1.00 e. The van der Waals surface area contributed by atoms with Crippen molar-refractivity contribution in [3.8, 4) is 0 Å². The Balaban J connectivity index is -0.00000131. The summed E-state index contributed by atoms with van der Waals surface area (Å²) < 4.78 is 0. The van der Waals surface area contributed by atoms with Crippen LogP contribution in [0, 0.1) is 0 Å². The van der Waals surface area contributed by atoms with Crippen LogP contribution in [0.2, 0.25) is 0 Å². The van der Waals surface area contributed by atoms with Crippen molar-refractivity contribution < 1.29 is 79.3 Å². The zero-order valence-electron chi connectivity index (χ0n) is 20.6. The van der Waals surface area contributed by atoms with Gasteiger partial charge in [0.15, 0.2) is 0 Å². The van der Waals surface area contributed by atoms with Crippen molar-refractivity contribution in [1.29, 1.82) is 0 Å². The fraction of sp³-hybridized carbons (Fsp3) is 0.231. The van der Waals surface area contributed by atoms with Gasteiger partial charge >= 0.3 is 59.1 Å². The molecular weight excluding hydrogens is 422 g/mol. The number of carboxylic acids is 1. The molecule has 0 spiro atoms. The molecule has 1 N–H and O–H groups in total. The third kappa shape index (κ3) is 22.0. The minimum atomic E-state index is -1.16. The Hall–Kier alpha value is -1.24. The first-order valence-corrected chi connectivity index (χ1v) is 9.33. The third-order valence-corrected chi connectivity index (χ3v) is 3.64. The minimum absolute atomic E-state index is 0. The van der Waals surface area contributed by atoms with E-state index in [1.165, 1.54) is 6.92 Å². The molecule has 0 unspecified atom stereocenters. The van der Waals surface area contributed by atoms with Gasteiger partial charge in [-0.25, -0.2) is 6.08 Å². The average molecular weight is 454 g/mol. The molecule has 0 bridgehead atoms. The summed E-state index contributed by atoms with van der Waals surface area (Å²) >= 11 is 0. The molecule has 0 radical (unpaired) electrons. The summed E-state index contributed by atoms with van der Waals surface area (Å²) in [7, 11) is 0. The third-order valence-electron chi connectivity index (χ3n) is 3.64. The van der Waals surface area contributed by atoms with Crippen LogP contribution < -0.4 is 64.2 Å². The fourth-order valence-electron chi connectivity index (χ4n) is 2.10. The molecule has 0 rings (SSSR count). The molecule has 0 atom stereocenters. The second-order valence-electron chi connectivity index (χ2n) is 6.79. The summed E-state index contributed by atoms with van der Waals surface area (Å²) in [5.41, 5.74) is 4.79. The van der Waals surface area contributed by atoms with Gasteiger partial charge in [0, 0.05) is 0 Å². The normalized spacial score (nSPS) is 14.3. The smallest absolute Gasteiger partial charge is 0.870 e. The van der Waals surface area contributed by atoms with Crippen LogP contribution in [-0.2, 0) is 9.59 Å². The number of carboxylic acid groups (broad SMARTS) is 1. The maximum atomic E-state index is 10.7. The minimum Gasteiger partial charge on any atom is -0.870 e. The quantitative estimate of drug-likeness (QED) is 0.184. The number of hydrogen-bond acceptors (Lipinski definition) is 4. The molecule has 0 aromatic rings. The van der Waals surface area contributed by atoms with Gasteiger partial charge in [0.1, 0.15) is 0 Å². The fourth-order valence-corrected chi connectivity index (χ4v) is 2.10. The molecule has 0 amide bonds. The van der Waals surface area contributed by atoms with E-state index in [4.69, 9.17) is 0 Å². The summed E-state index contributed by atoms with van der Waals surface area (Å²) in [5.74, 6) is -1.16. The molecule has 0 heterocycles. The molecule has 32 heavy (non-hydrogen) atoms. The molecule has 0 fully saturated rings. The van der Waals surface area contributed by atoms with Crippen LogP contribution in [0.5, 0.6) is 0 Å². The van der Waals surface area contributed by atoms with Crippen LogP contribution in [-0.4, -0.2) is 17.7 Å². The zero-order valence-corrected chi connectivity index (χ0v) is 24.6. The van der Waals surface area contributed by atoms with Crippen molar-refractivity contribution in [3.05, 3.63) is 106 Å². The number of carbonyl (C=O) groups is 1. The molecule has 0 aliphatic carbocycles. The monoisotopic (exact) mass is 453 g/mol. The van der Waals surface area contributed by atoms with E-state index < -0.39 is 5.97 Å². The Labute approximate surface area is 237 Å². The number of aliphatic carboxylic acids is 1. The van der Waals surface area contributed by atoms with Gasteiger partial charge < -0.3 is 20.2 Å². The number of hydrogen-bond donors (Lipinski definition) is 0. The van der Waals surface area contributed by atoms with Gasteiger partial charge in [0.2, 0.25) is 0 Å². The Kier molecular flexibility index (Phi) is 27.3. The first kappa shape index (κ1) is 38.0. The Morgan fingerprint density at radius 1 is 0.656 bits per heavy atom. The predicted octanol–water partition coefficient (Wildman–Crippen LogP) is -0.976. The van der Waals surface area contributed by atoms with Gasteiger partial charge in [-0.1, -0.05) is 97.4 Å². The topological polar surface area (TPSA) is 87.2 Å². The average Bonchev–Trinajstić information content (AvgIpc) is 2.64.